The van der Waals surface area contributed by atoms with E-state index in [4.69, 9.17) is 9.47 Å². The van der Waals surface area contributed by atoms with Gasteiger partial charge in [0.15, 0.2) is 6.29 Å². The van der Waals surface area contributed by atoms with Crippen LogP contribution in [-0.4, -0.2) is 42.3 Å². The summed E-state index contributed by atoms with van der Waals surface area (Å²) >= 11 is 3.34. The van der Waals surface area contributed by atoms with Crippen LogP contribution in [-0.2, 0) is 14.3 Å². The summed E-state index contributed by atoms with van der Waals surface area (Å²) in [6.45, 7) is 8.34. The van der Waals surface area contributed by atoms with E-state index in [2.05, 4.69) is 32.8 Å². The average molecular weight is 529 g/mol. The lowest BCUT2D eigenvalue weighted by molar-refractivity contribution is -0.141. The average Bonchev–Trinajstić information content (AvgIpc) is 2.87. The molecule has 0 saturated carbocycles. The fourth-order valence-electron chi connectivity index (χ4n) is 2.85. The molecular formula is C27H33BrN2O4. The summed E-state index contributed by atoms with van der Waals surface area (Å²) in [7, 11) is 1.41. The maximum absolute atomic E-state index is 12.3. The van der Waals surface area contributed by atoms with Crippen molar-refractivity contribution >= 4 is 33.9 Å². The van der Waals surface area contributed by atoms with Gasteiger partial charge in [0.05, 0.1) is 19.5 Å². The number of esters is 1. The minimum Gasteiger partial charge on any atom is -0.497 e. The number of benzene rings is 1. The van der Waals surface area contributed by atoms with Gasteiger partial charge in [-0.25, -0.2) is 4.79 Å². The Kier molecular flexibility index (Phi) is 14.7. The quantitative estimate of drug-likeness (QED) is 0.0901. The summed E-state index contributed by atoms with van der Waals surface area (Å²) in [5.41, 5.74) is 3.69. The van der Waals surface area contributed by atoms with Gasteiger partial charge in [-0.05, 0) is 56.5 Å². The first-order chi connectivity index (χ1) is 16.4. The molecule has 2 rings (SSSR count). The topological polar surface area (TPSA) is 77.5 Å². The van der Waals surface area contributed by atoms with Crippen LogP contribution in [0.5, 0.6) is 0 Å². The molecule has 182 valence electrons. The third-order valence-corrected chi connectivity index (χ3v) is 4.94. The van der Waals surface area contributed by atoms with Crippen molar-refractivity contribution < 1.29 is 19.1 Å². The van der Waals surface area contributed by atoms with E-state index in [0.717, 1.165) is 34.2 Å². The molecule has 1 unspecified atom stereocenters. The van der Waals surface area contributed by atoms with Crippen LogP contribution in [0.2, 0.25) is 0 Å². The SMILES string of the molecule is C=CC/C(=C\C=C(/C)OCCBr)CC(Nc1ccccc1C)C(=O)OC.O=Cc1cccnc1. The normalized spacial score (nSPS) is 12.0. The summed E-state index contributed by atoms with van der Waals surface area (Å²) in [5, 5.41) is 4.08. The van der Waals surface area contributed by atoms with E-state index in [-0.39, 0.29) is 5.97 Å². The van der Waals surface area contributed by atoms with Gasteiger partial charge in [-0.2, -0.15) is 0 Å². The van der Waals surface area contributed by atoms with Gasteiger partial charge in [0.25, 0.3) is 0 Å². The molecule has 6 nitrogen and oxygen atoms in total. The van der Waals surface area contributed by atoms with Crippen molar-refractivity contribution in [3.63, 3.8) is 0 Å². The number of ether oxygens (including phenoxy) is 2. The number of nitrogens with one attached hydrogen (secondary N) is 1. The molecule has 0 fully saturated rings. The lowest BCUT2D eigenvalue weighted by Gasteiger charge is -2.20. The van der Waals surface area contributed by atoms with E-state index >= 15 is 0 Å². The summed E-state index contributed by atoms with van der Waals surface area (Å²) < 4.78 is 10.5. The highest BCUT2D eigenvalue weighted by atomic mass is 79.9. The van der Waals surface area contributed by atoms with Crippen molar-refractivity contribution in [2.45, 2.75) is 32.7 Å². The van der Waals surface area contributed by atoms with Crippen LogP contribution >= 0.6 is 15.9 Å². The van der Waals surface area contributed by atoms with Crippen LogP contribution < -0.4 is 5.32 Å². The number of carbonyl (C=O) groups is 2. The highest BCUT2D eigenvalue weighted by molar-refractivity contribution is 9.09. The van der Waals surface area contributed by atoms with Crippen LogP contribution in [0.3, 0.4) is 0 Å². The molecule has 0 amide bonds. The van der Waals surface area contributed by atoms with Crippen molar-refractivity contribution in [3.05, 3.63) is 96.1 Å². The van der Waals surface area contributed by atoms with E-state index < -0.39 is 6.04 Å². The predicted molar refractivity (Wildman–Crippen MR) is 141 cm³/mol. The number of carbonyl (C=O) groups excluding carboxylic acids is 2. The Hall–Kier alpha value is -3.19. The minimum atomic E-state index is -0.468. The molecule has 1 aromatic heterocycles. The maximum atomic E-state index is 12.3. The number of aromatic nitrogens is 1. The van der Waals surface area contributed by atoms with Crippen molar-refractivity contribution in [1.29, 1.82) is 0 Å². The Balaban J connectivity index is 0.000000605. The number of allylic oxidation sites excluding steroid dienone is 4. The molecule has 1 aromatic carbocycles. The number of alkyl halides is 1. The fraction of sp³-hybridized carbons (Fsp3) is 0.296. The molecule has 0 saturated heterocycles. The zero-order chi connectivity index (χ0) is 25.2. The Morgan fingerprint density at radius 1 is 1.24 bits per heavy atom. The number of rotatable bonds is 12. The number of para-hydroxylation sites is 1. The lowest BCUT2D eigenvalue weighted by atomic mass is 10.0. The van der Waals surface area contributed by atoms with Gasteiger partial charge in [0.1, 0.15) is 6.04 Å². The van der Waals surface area contributed by atoms with Crippen LogP contribution in [0.15, 0.2) is 84.9 Å². The first-order valence-corrected chi connectivity index (χ1v) is 12.0. The molecule has 0 aliphatic carbocycles. The third-order valence-electron chi connectivity index (χ3n) is 4.61. The van der Waals surface area contributed by atoms with Gasteiger partial charge in [-0.15, -0.1) is 6.58 Å². The number of pyridine rings is 1. The second kappa shape index (κ2) is 17.3. The number of aryl methyl sites for hydroxylation is 1. The number of halogens is 1. The third kappa shape index (κ3) is 11.6. The monoisotopic (exact) mass is 528 g/mol. The van der Waals surface area contributed by atoms with Gasteiger partial charge in [0, 0.05) is 29.0 Å². The molecule has 0 spiro atoms. The molecule has 0 aliphatic rings. The Morgan fingerprint density at radius 2 is 2.00 bits per heavy atom. The Bertz CT molecular complexity index is 958. The standard InChI is InChI=1S/C21H28BrNO3.C6H5NO/c1-5-8-18(12-11-17(3)26-14-13-22)15-20(21(24)25-4)23-19-10-7-6-9-16(19)2;8-5-6-2-1-3-7-4-6/h5-7,9-12,20,23H,1,8,13-15H2,2-4H3;1-5H/b17-11+,18-12+;. The van der Waals surface area contributed by atoms with E-state index in [9.17, 15) is 9.59 Å². The van der Waals surface area contributed by atoms with Crippen LogP contribution in [0.1, 0.15) is 35.7 Å². The van der Waals surface area contributed by atoms with Crippen molar-refractivity contribution in [2.24, 2.45) is 0 Å². The fourth-order valence-corrected chi connectivity index (χ4v) is 3.02. The summed E-state index contributed by atoms with van der Waals surface area (Å²) in [5.74, 6) is 0.534. The largest absolute Gasteiger partial charge is 0.497 e. The van der Waals surface area contributed by atoms with Gasteiger partial charge in [0.2, 0.25) is 0 Å². The number of methoxy groups -OCH3 is 1. The second-order valence-electron chi connectivity index (χ2n) is 7.28. The van der Waals surface area contributed by atoms with E-state index in [1.54, 1.807) is 18.3 Å². The number of anilines is 1. The zero-order valence-electron chi connectivity index (χ0n) is 20.0. The number of hydrogen-bond acceptors (Lipinski definition) is 6. The van der Waals surface area contributed by atoms with Gasteiger partial charge in [-0.1, -0.05) is 51.9 Å². The first-order valence-electron chi connectivity index (χ1n) is 10.9. The smallest absolute Gasteiger partial charge is 0.328 e. The van der Waals surface area contributed by atoms with Crippen molar-refractivity contribution in [3.8, 4) is 0 Å². The van der Waals surface area contributed by atoms with Crippen LogP contribution in [0, 0.1) is 6.92 Å². The Morgan fingerprint density at radius 3 is 2.56 bits per heavy atom. The highest BCUT2D eigenvalue weighted by Gasteiger charge is 2.20. The van der Waals surface area contributed by atoms with E-state index in [1.165, 1.54) is 13.3 Å². The van der Waals surface area contributed by atoms with Gasteiger partial charge < -0.3 is 14.8 Å². The molecular weight excluding hydrogens is 496 g/mol. The van der Waals surface area contributed by atoms with Gasteiger partial charge in [-0.3, -0.25) is 9.78 Å². The molecule has 1 N–H and O–H groups in total. The van der Waals surface area contributed by atoms with Crippen molar-refractivity contribution in [2.75, 3.05) is 24.4 Å². The van der Waals surface area contributed by atoms with Gasteiger partial charge >= 0.3 is 5.97 Å². The first kappa shape index (κ1) is 28.8. The van der Waals surface area contributed by atoms with Crippen molar-refractivity contribution in [1.82, 2.24) is 4.98 Å². The number of nitrogens with zero attached hydrogens (tertiary/aromatic N) is 1. The number of hydrogen-bond donors (Lipinski definition) is 1. The van der Waals surface area contributed by atoms with E-state index in [0.29, 0.717) is 25.0 Å². The Labute approximate surface area is 210 Å². The highest BCUT2D eigenvalue weighted by Crippen LogP contribution is 2.20. The molecule has 7 heteroatoms. The molecule has 34 heavy (non-hydrogen) atoms. The lowest BCUT2D eigenvalue weighted by Crippen LogP contribution is -2.31. The predicted octanol–water partition coefficient (Wildman–Crippen LogP) is 6.05. The molecule has 0 aliphatic heterocycles. The molecule has 1 atom stereocenters. The molecule has 0 bridgehead atoms. The zero-order valence-corrected chi connectivity index (χ0v) is 21.6. The van der Waals surface area contributed by atoms with Crippen LogP contribution in [0.25, 0.3) is 0 Å². The molecule has 2 aromatic rings. The summed E-state index contributed by atoms with van der Waals surface area (Å²) in [6.07, 6.45) is 10.9. The summed E-state index contributed by atoms with van der Waals surface area (Å²) in [6, 6.07) is 10.8. The minimum absolute atomic E-state index is 0.292. The van der Waals surface area contributed by atoms with E-state index in [1.807, 2.05) is 56.3 Å². The van der Waals surface area contributed by atoms with Crippen LogP contribution in [0.4, 0.5) is 5.69 Å². The summed E-state index contributed by atoms with van der Waals surface area (Å²) in [4.78, 5) is 26.0. The molecule has 1 heterocycles. The second-order valence-corrected chi connectivity index (χ2v) is 8.07. The maximum Gasteiger partial charge on any atom is 0.328 e. The molecule has 0 radical (unpaired) electrons. The number of aldehydes is 1.